The first-order valence-electron chi connectivity index (χ1n) is 14.0. The normalized spacial score (nSPS) is 16.5. The van der Waals surface area contributed by atoms with Crippen molar-refractivity contribution < 1.29 is 22.8 Å². The van der Waals surface area contributed by atoms with Crippen molar-refractivity contribution in [1.29, 1.82) is 0 Å². The molecule has 11 heteroatoms. The van der Waals surface area contributed by atoms with Gasteiger partial charge in [0.15, 0.2) is 15.6 Å². The molecule has 1 aliphatic rings. The predicted octanol–water partition coefficient (Wildman–Crippen LogP) is 4.45. The van der Waals surface area contributed by atoms with Gasteiger partial charge in [-0.3, -0.25) is 14.5 Å². The first kappa shape index (κ1) is 32.0. The summed E-state index contributed by atoms with van der Waals surface area (Å²) in [6.07, 6.45) is 1.53. The molecule has 1 saturated heterocycles. The molecule has 0 aliphatic carbocycles. The van der Waals surface area contributed by atoms with E-state index in [1.165, 1.54) is 18.3 Å². The van der Waals surface area contributed by atoms with Crippen molar-refractivity contribution in [2.45, 2.75) is 45.1 Å². The molecule has 3 aromatic rings. The Kier molecular flexibility index (Phi) is 11.1. The van der Waals surface area contributed by atoms with Gasteiger partial charge in [-0.1, -0.05) is 48.5 Å². The number of amides is 1. The summed E-state index contributed by atoms with van der Waals surface area (Å²) >= 11 is 7.58. The van der Waals surface area contributed by atoms with Crippen molar-refractivity contribution in [2.24, 2.45) is 5.92 Å². The Morgan fingerprint density at radius 1 is 1.10 bits per heavy atom. The maximum Gasteiger partial charge on any atom is 0.224 e. The van der Waals surface area contributed by atoms with Gasteiger partial charge in [-0.05, 0) is 43.5 Å². The Bertz CT molecular complexity index is 1540. The van der Waals surface area contributed by atoms with E-state index in [9.17, 15) is 22.8 Å². The molecule has 1 fully saturated rings. The van der Waals surface area contributed by atoms with Gasteiger partial charge in [-0.25, -0.2) is 13.4 Å². The average molecular weight is 630 g/mol. The van der Waals surface area contributed by atoms with Crippen molar-refractivity contribution >= 4 is 60.5 Å². The number of nitrogens with one attached hydrogen (secondary N) is 1. The topological polar surface area (TPSA) is 114 Å². The molecule has 224 valence electrons. The Hall–Kier alpha value is -2.92. The number of hydrogen-bond acceptors (Lipinski definition) is 8. The van der Waals surface area contributed by atoms with Gasteiger partial charge >= 0.3 is 0 Å². The molecular weight excluding hydrogens is 594 g/mol. The molecule has 0 unspecified atom stereocenters. The molecule has 1 aromatic heterocycles. The molecule has 1 aliphatic heterocycles. The van der Waals surface area contributed by atoms with Crippen LogP contribution in [-0.4, -0.2) is 73.0 Å². The number of sulfone groups is 1. The molecule has 4 rings (SSSR count). The van der Waals surface area contributed by atoms with E-state index in [0.717, 1.165) is 20.8 Å². The van der Waals surface area contributed by atoms with Gasteiger partial charge in [0, 0.05) is 55.5 Å². The summed E-state index contributed by atoms with van der Waals surface area (Å²) in [7, 11) is -3.00. The quantitative estimate of drug-likeness (QED) is 0.262. The number of Topliss-reactive ketones (excluding diaryl/α,β-unsaturated/α-hetero) is 2. The summed E-state index contributed by atoms with van der Waals surface area (Å²) in [6.45, 7) is 6.54. The van der Waals surface area contributed by atoms with Crippen LogP contribution in [0.3, 0.4) is 0 Å². The standard InChI is InChI=1S/C31H36ClN3O5S2/c1-21(20-35-12-14-42(39,40)15-13-35)28(37)11-9-26(17-23-6-4-3-5-7-23)33-31(38)24(16-22(2)36)18-30-34-27-10-8-25(32)19-29(27)41-30/h3-8,10,19,24,26H,1,9,11-18,20H2,2H3,(H,33,38)/t24-,26+/m0/s1. The molecular formula is C31H36ClN3O5S2. The smallest absolute Gasteiger partial charge is 0.224 e. The van der Waals surface area contributed by atoms with Crippen LogP contribution >= 0.6 is 22.9 Å². The summed E-state index contributed by atoms with van der Waals surface area (Å²) in [5.41, 5.74) is 2.26. The van der Waals surface area contributed by atoms with Crippen molar-refractivity contribution in [1.82, 2.24) is 15.2 Å². The lowest BCUT2D eigenvalue weighted by Crippen LogP contribution is -2.42. The van der Waals surface area contributed by atoms with Crippen LogP contribution < -0.4 is 5.32 Å². The number of carbonyl (C=O) groups is 3. The SMILES string of the molecule is C=C(CN1CCS(=O)(=O)CC1)C(=O)CC[C@H](Cc1ccccc1)NC(=O)[C@@H](CC(C)=O)Cc1nc2ccc(Cl)cc2s1. The summed E-state index contributed by atoms with van der Waals surface area (Å²) in [5.74, 6) is -0.861. The third-order valence-corrected chi connectivity index (χ3v) is 10.2. The molecule has 0 saturated carbocycles. The maximum atomic E-state index is 13.6. The van der Waals surface area contributed by atoms with Gasteiger partial charge in [0.05, 0.1) is 32.6 Å². The summed E-state index contributed by atoms with van der Waals surface area (Å²) < 4.78 is 24.4. The zero-order valence-corrected chi connectivity index (χ0v) is 26.1. The minimum absolute atomic E-state index is 0.0852. The molecule has 8 nitrogen and oxygen atoms in total. The van der Waals surface area contributed by atoms with Crippen molar-refractivity contribution in [3.8, 4) is 0 Å². The first-order chi connectivity index (χ1) is 20.0. The third-order valence-electron chi connectivity index (χ3n) is 7.36. The number of ketones is 2. The third kappa shape index (κ3) is 9.55. The molecule has 2 heterocycles. The Labute approximate surface area is 256 Å². The van der Waals surface area contributed by atoms with Gasteiger partial charge in [0.2, 0.25) is 5.91 Å². The van der Waals surface area contributed by atoms with Crippen LogP contribution in [0.4, 0.5) is 0 Å². The summed E-state index contributed by atoms with van der Waals surface area (Å²) in [6, 6.07) is 14.8. The number of fused-ring (bicyclic) bond motifs is 1. The molecule has 42 heavy (non-hydrogen) atoms. The van der Waals surface area contributed by atoms with E-state index in [0.29, 0.717) is 49.5 Å². The number of aromatic nitrogens is 1. The maximum absolute atomic E-state index is 13.6. The lowest BCUT2D eigenvalue weighted by atomic mass is 9.95. The monoisotopic (exact) mass is 629 g/mol. The summed E-state index contributed by atoms with van der Waals surface area (Å²) in [4.78, 5) is 45.3. The molecule has 0 radical (unpaired) electrons. The number of thiazole rings is 1. The van der Waals surface area contributed by atoms with Crippen LogP contribution in [0.25, 0.3) is 10.2 Å². The number of hydrogen-bond donors (Lipinski definition) is 1. The van der Waals surface area contributed by atoms with Gasteiger partial charge in [-0.2, -0.15) is 0 Å². The van der Waals surface area contributed by atoms with E-state index in [2.05, 4.69) is 16.9 Å². The van der Waals surface area contributed by atoms with E-state index in [1.54, 1.807) is 6.07 Å². The predicted molar refractivity (Wildman–Crippen MR) is 168 cm³/mol. The fourth-order valence-corrected chi connectivity index (χ4v) is 7.64. The van der Waals surface area contributed by atoms with E-state index in [4.69, 9.17) is 11.6 Å². The Morgan fingerprint density at radius 3 is 2.50 bits per heavy atom. The van der Waals surface area contributed by atoms with Crippen LogP contribution in [0.15, 0.2) is 60.7 Å². The lowest BCUT2D eigenvalue weighted by Gasteiger charge is -2.27. The molecule has 2 atom stereocenters. The van der Waals surface area contributed by atoms with Crippen molar-refractivity contribution in [2.75, 3.05) is 31.1 Å². The molecule has 0 bridgehead atoms. The van der Waals surface area contributed by atoms with E-state index in [1.807, 2.05) is 47.4 Å². The average Bonchev–Trinajstić information content (AvgIpc) is 3.34. The largest absolute Gasteiger partial charge is 0.353 e. The summed E-state index contributed by atoms with van der Waals surface area (Å²) in [5, 5.41) is 4.49. The Balaban J connectivity index is 1.41. The highest BCUT2D eigenvalue weighted by Crippen LogP contribution is 2.27. The highest BCUT2D eigenvalue weighted by atomic mass is 35.5. The number of rotatable bonds is 14. The molecule has 1 amide bonds. The van der Waals surface area contributed by atoms with Gasteiger partial charge in [0.25, 0.3) is 0 Å². The zero-order valence-electron chi connectivity index (χ0n) is 23.7. The van der Waals surface area contributed by atoms with Gasteiger partial charge < -0.3 is 10.1 Å². The fourth-order valence-electron chi connectivity index (χ4n) is 5.04. The minimum atomic E-state index is -3.00. The van der Waals surface area contributed by atoms with Crippen LogP contribution in [0.5, 0.6) is 0 Å². The van der Waals surface area contributed by atoms with Crippen molar-refractivity contribution in [3.05, 3.63) is 76.3 Å². The van der Waals surface area contributed by atoms with Gasteiger partial charge in [-0.15, -0.1) is 11.3 Å². The molecule has 1 N–H and O–H groups in total. The highest BCUT2D eigenvalue weighted by molar-refractivity contribution is 7.91. The zero-order chi connectivity index (χ0) is 30.3. The van der Waals surface area contributed by atoms with Crippen molar-refractivity contribution in [3.63, 3.8) is 0 Å². The number of benzene rings is 2. The second-order valence-electron chi connectivity index (χ2n) is 10.9. The van der Waals surface area contributed by atoms with Gasteiger partial charge in [0.1, 0.15) is 5.78 Å². The molecule has 0 spiro atoms. The lowest BCUT2D eigenvalue weighted by molar-refractivity contribution is -0.129. The van der Waals surface area contributed by atoms with E-state index in [-0.39, 0.29) is 47.9 Å². The second kappa shape index (κ2) is 14.5. The Morgan fingerprint density at radius 2 is 1.81 bits per heavy atom. The number of nitrogens with zero attached hydrogens (tertiary/aromatic N) is 2. The number of halogens is 1. The van der Waals surface area contributed by atoms with Crippen LogP contribution in [-0.2, 0) is 37.1 Å². The first-order valence-corrected chi connectivity index (χ1v) is 17.0. The number of carbonyl (C=O) groups excluding carboxylic acids is 3. The molecule has 2 aromatic carbocycles. The van der Waals surface area contributed by atoms with E-state index >= 15 is 0 Å². The highest BCUT2D eigenvalue weighted by Gasteiger charge is 2.27. The van der Waals surface area contributed by atoms with Crippen LogP contribution in [0.1, 0.15) is 36.8 Å². The minimum Gasteiger partial charge on any atom is -0.353 e. The van der Waals surface area contributed by atoms with Crippen LogP contribution in [0, 0.1) is 5.92 Å². The van der Waals surface area contributed by atoms with Crippen LogP contribution in [0.2, 0.25) is 5.02 Å². The van der Waals surface area contributed by atoms with E-state index < -0.39 is 15.8 Å². The second-order valence-corrected chi connectivity index (χ2v) is 14.8. The fraction of sp³-hybridized carbons (Fsp3) is 0.419.